The molecule has 5 heteroatoms. The molecular formula is C15H22N2O3. The fourth-order valence-corrected chi connectivity index (χ4v) is 2.59. The van der Waals surface area contributed by atoms with Gasteiger partial charge < -0.3 is 9.57 Å². The van der Waals surface area contributed by atoms with Crippen LogP contribution in [0, 0.1) is 5.41 Å². The van der Waals surface area contributed by atoms with Crippen LogP contribution in [0.5, 0.6) is 5.75 Å². The van der Waals surface area contributed by atoms with Crippen molar-refractivity contribution in [2.24, 2.45) is 5.41 Å². The number of nitrogens with zero attached hydrogens (tertiary/aromatic N) is 2. The van der Waals surface area contributed by atoms with E-state index in [1.807, 2.05) is 12.1 Å². The van der Waals surface area contributed by atoms with Gasteiger partial charge in [0.25, 0.3) is 0 Å². The number of hydrogen-bond acceptors (Lipinski definition) is 5. The minimum Gasteiger partial charge on any atom is -0.490 e. The zero-order valence-electron chi connectivity index (χ0n) is 12.3. The van der Waals surface area contributed by atoms with Gasteiger partial charge in [0.15, 0.2) is 0 Å². The smallest absolute Gasteiger partial charge is 0.313 e. The highest BCUT2D eigenvalue weighted by Gasteiger charge is 2.38. The molecule has 1 saturated heterocycles. The zero-order chi connectivity index (χ0) is 14.6. The molecule has 2 heterocycles. The number of ether oxygens (including phenoxy) is 1. The van der Waals surface area contributed by atoms with Crippen LogP contribution >= 0.6 is 0 Å². The number of rotatable bonds is 4. The molecule has 1 aliphatic rings. The Kier molecular flexibility index (Phi) is 4.60. The molecule has 5 nitrogen and oxygen atoms in total. The molecule has 0 aromatic carbocycles. The van der Waals surface area contributed by atoms with Crippen molar-refractivity contribution in [1.82, 2.24) is 10.0 Å². The van der Waals surface area contributed by atoms with Gasteiger partial charge in [0.05, 0.1) is 6.04 Å². The Hall–Kier alpha value is -1.62. The number of piperidine rings is 1. The lowest BCUT2D eigenvalue weighted by Gasteiger charge is -2.43. The highest BCUT2D eigenvalue weighted by molar-refractivity contribution is 5.36. The molecule has 0 bridgehead atoms. The number of hydroxylamine groups is 2. The summed E-state index contributed by atoms with van der Waals surface area (Å²) >= 11 is 0. The van der Waals surface area contributed by atoms with E-state index in [1.165, 1.54) is 0 Å². The third-order valence-corrected chi connectivity index (χ3v) is 3.64. The van der Waals surface area contributed by atoms with E-state index in [4.69, 9.17) is 9.57 Å². The lowest BCUT2D eigenvalue weighted by Crippen LogP contribution is -2.51. The van der Waals surface area contributed by atoms with Crippen LogP contribution in [-0.4, -0.2) is 35.2 Å². The summed E-state index contributed by atoms with van der Waals surface area (Å²) in [5.41, 5.74) is 0.0171. The fourth-order valence-electron chi connectivity index (χ4n) is 2.59. The van der Waals surface area contributed by atoms with E-state index >= 15 is 0 Å². The SMILES string of the molecule is CC(C)(C)C1CC(Oc2ccncc2)CCN1OC=O. The lowest BCUT2D eigenvalue weighted by atomic mass is 9.81. The van der Waals surface area contributed by atoms with Gasteiger partial charge in [-0.3, -0.25) is 9.78 Å². The maximum atomic E-state index is 10.6. The second-order valence-electron chi connectivity index (χ2n) is 6.17. The molecule has 1 fully saturated rings. The molecule has 2 rings (SSSR count). The molecule has 2 unspecified atom stereocenters. The molecule has 0 saturated carbocycles. The van der Waals surface area contributed by atoms with Gasteiger partial charge in [-0.1, -0.05) is 20.8 Å². The molecule has 2 atom stereocenters. The van der Waals surface area contributed by atoms with Crippen molar-refractivity contribution in [3.05, 3.63) is 24.5 Å². The monoisotopic (exact) mass is 278 g/mol. The van der Waals surface area contributed by atoms with Crippen LogP contribution in [0.4, 0.5) is 0 Å². The van der Waals surface area contributed by atoms with E-state index in [0.717, 1.165) is 18.6 Å². The number of pyridine rings is 1. The highest BCUT2D eigenvalue weighted by atomic mass is 16.7. The molecular weight excluding hydrogens is 256 g/mol. The molecule has 0 amide bonds. The largest absolute Gasteiger partial charge is 0.490 e. The Morgan fingerprint density at radius 2 is 2.05 bits per heavy atom. The molecule has 0 aliphatic carbocycles. The van der Waals surface area contributed by atoms with Gasteiger partial charge in [-0.25, -0.2) is 0 Å². The molecule has 0 spiro atoms. The van der Waals surface area contributed by atoms with E-state index in [0.29, 0.717) is 13.0 Å². The molecule has 110 valence electrons. The molecule has 1 aliphatic heterocycles. The second-order valence-corrected chi connectivity index (χ2v) is 6.17. The third kappa shape index (κ3) is 3.70. The van der Waals surface area contributed by atoms with E-state index in [2.05, 4.69) is 25.8 Å². The van der Waals surface area contributed by atoms with Crippen LogP contribution in [0.25, 0.3) is 0 Å². The number of aromatic nitrogens is 1. The summed E-state index contributed by atoms with van der Waals surface area (Å²) in [5.74, 6) is 0.836. The van der Waals surface area contributed by atoms with Crippen molar-refractivity contribution in [3.8, 4) is 5.75 Å². The fraction of sp³-hybridized carbons (Fsp3) is 0.600. The van der Waals surface area contributed by atoms with Gasteiger partial charge >= 0.3 is 6.47 Å². The maximum Gasteiger partial charge on any atom is 0.313 e. The number of carbonyl (C=O) groups is 1. The normalized spacial score (nSPS) is 24.1. The van der Waals surface area contributed by atoms with E-state index < -0.39 is 0 Å². The highest BCUT2D eigenvalue weighted by Crippen LogP contribution is 2.33. The third-order valence-electron chi connectivity index (χ3n) is 3.64. The summed E-state index contributed by atoms with van der Waals surface area (Å²) in [4.78, 5) is 19.7. The van der Waals surface area contributed by atoms with Crippen LogP contribution in [0.15, 0.2) is 24.5 Å². The van der Waals surface area contributed by atoms with Gasteiger partial charge in [0.1, 0.15) is 11.9 Å². The first-order chi connectivity index (χ1) is 9.50. The summed E-state index contributed by atoms with van der Waals surface area (Å²) in [6.45, 7) is 7.63. The topological polar surface area (TPSA) is 51.7 Å². The van der Waals surface area contributed by atoms with Gasteiger partial charge in [-0.15, -0.1) is 5.06 Å². The molecule has 20 heavy (non-hydrogen) atoms. The van der Waals surface area contributed by atoms with Crippen molar-refractivity contribution < 1.29 is 14.4 Å². The van der Waals surface area contributed by atoms with Crippen molar-refractivity contribution in [2.75, 3.05) is 6.54 Å². The van der Waals surface area contributed by atoms with Crippen molar-refractivity contribution in [1.29, 1.82) is 0 Å². The summed E-state index contributed by atoms with van der Waals surface area (Å²) in [7, 11) is 0. The molecule has 1 aromatic heterocycles. The second kappa shape index (κ2) is 6.22. The Balaban J connectivity index is 2.03. The summed E-state index contributed by atoms with van der Waals surface area (Å²) in [6.07, 6.45) is 5.25. The zero-order valence-corrected chi connectivity index (χ0v) is 12.3. The molecule has 1 aromatic rings. The van der Waals surface area contributed by atoms with Gasteiger partial charge in [-0.05, 0) is 17.5 Å². The van der Waals surface area contributed by atoms with Gasteiger partial charge in [-0.2, -0.15) is 0 Å². The van der Waals surface area contributed by atoms with E-state index in [-0.39, 0.29) is 17.6 Å². The van der Waals surface area contributed by atoms with Gasteiger partial charge in [0.2, 0.25) is 0 Å². The Morgan fingerprint density at radius 1 is 1.35 bits per heavy atom. The predicted octanol–water partition coefficient (Wildman–Crippen LogP) is 2.43. The average molecular weight is 278 g/mol. The number of carbonyl (C=O) groups excluding carboxylic acids is 1. The van der Waals surface area contributed by atoms with Gasteiger partial charge in [0, 0.05) is 31.8 Å². The van der Waals surface area contributed by atoms with Crippen LogP contribution < -0.4 is 4.74 Å². The van der Waals surface area contributed by atoms with Crippen LogP contribution in [0.3, 0.4) is 0 Å². The molecule has 0 N–H and O–H groups in total. The summed E-state index contributed by atoms with van der Waals surface area (Å²) in [6, 6.07) is 3.87. The first-order valence-electron chi connectivity index (χ1n) is 6.94. The van der Waals surface area contributed by atoms with Crippen molar-refractivity contribution in [2.45, 2.75) is 45.8 Å². The standard InChI is InChI=1S/C15H22N2O3/c1-15(2,3)14-10-13(6-9-17(14)19-11-18)20-12-4-7-16-8-5-12/h4-5,7-8,11,13-14H,6,9-10H2,1-3H3. The summed E-state index contributed by atoms with van der Waals surface area (Å²) < 4.78 is 6.00. The van der Waals surface area contributed by atoms with E-state index in [1.54, 1.807) is 17.5 Å². The lowest BCUT2D eigenvalue weighted by molar-refractivity contribution is -0.211. The Labute approximate surface area is 119 Å². The Bertz CT molecular complexity index is 430. The molecule has 0 radical (unpaired) electrons. The van der Waals surface area contributed by atoms with Crippen molar-refractivity contribution in [3.63, 3.8) is 0 Å². The van der Waals surface area contributed by atoms with Crippen LogP contribution in [0.2, 0.25) is 0 Å². The van der Waals surface area contributed by atoms with Crippen LogP contribution in [-0.2, 0) is 9.63 Å². The average Bonchev–Trinajstić information content (AvgIpc) is 2.41. The summed E-state index contributed by atoms with van der Waals surface area (Å²) in [5, 5.41) is 1.78. The van der Waals surface area contributed by atoms with Crippen LogP contribution in [0.1, 0.15) is 33.6 Å². The maximum absolute atomic E-state index is 10.6. The quantitative estimate of drug-likeness (QED) is 0.792. The predicted molar refractivity (Wildman–Crippen MR) is 75.0 cm³/mol. The Morgan fingerprint density at radius 3 is 2.65 bits per heavy atom. The minimum atomic E-state index is 0.0171. The first kappa shape index (κ1) is 14.8. The van der Waals surface area contributed by atoms with E-state index in [9.17, 15) is 4.79 Å². The van der Waals surface area contributed by atoms with Crippen molar-refractivity contribution >= 4 is 6.47 Å². The first-order valence-corrected chi connectivity index (χ1v) is 6.94. The minimum absolute atomic E-state index is 0.0171. The number of hydrogen-bond donors (Lipinski definition) is 0.